The van der Waals surface area contributed by atoms with Crippen LogP contribution in [0.3, 0.4) is 0 Å². The van der Waals surface area contributed by atoms with E-state index in [4.69, 9.17) is 10.5 Å². The van der Waals surface area contributed by atoms with Crippen LogP contribution in [-0.4, -0.2) is 30.3 Å². The van der Waals surface area contributed by atoms with Gasteiger partial charge in [0.25, 0.3) is 0 Å². The van der Waals surface area contributed by atoms with E-state index in [0.29, 0.717) is 13.2 Å². The Kier molecular flexibility index (Phi) is 6.78. The average Bonchev–Trinajstić information content (AvgIpc) is 2.33. The summed E-state index contributed by atoms with van der Waals surface area (Å²) >= 11 is 6.84. The second-order valence-electron chi connectivity index (χ2n) is 3.86. The SMILES string of the molecule is CCOc1c(Br)cc(Br)cc1CNCC(O)C(N)=O. The number of halogens is 2. The van der Waals surface area contributed by atoms with Crippen LogP contribution in [-0.2, 0) is 11.3 Å². The number of nitrogens with one attached hydrogen (secondary N) is 1. The molecule has 0 spiro atoms. The lowest BCUT2D eigenvalue weighted by Gasteiger charge is -2.14. The zero-order chi connectivity index (χ0) is 14.4. The molecule has 4 N–H and O–H groups in total. The highest BCUT2D eigenvalue weighted by molar-refractivity contribution is 9.11. The molecule has 0 aliphatic rings. The van der Waals surface area contributed by atoms with Crippen molar-refractivity contribution < 1.29 is 14.6 Å². The van der Waals surface area contributed by atoms with Crippen LogP contribution in [0.5, 0.6) is 5.75 Å². The fourth-order valence-electron chi connectivity index (χ4n) is 1.50. The topological polar surface area (TPSA) is 84.6 Å². The van der Waals surface area contributed by atoms with Crippen LogP contribution in [0, 0.1) is 0 Å². The molecule has 5 nitrogen and oxygen atoms in total. The molecule has 1 aromatic carbocycles. The molecule has 0 heterocycles. The molecule has 1 rings (SSSR count). The third kappa shape index (κ3) is 5.10. The van der Waals surface area contributed by atoms with Crippen molar-refractivity contribution in [3.05, 3.63) is 26.6 Å². The fourth-order valence-corrected chi connectivity index (χ4v) is 2.92. The van der Waals surface area contributed by atoms with Crippen molar-refractivity contribution in [1.29, 1.82) is 0 Å². The van der Waals surface area contributed by atoms with Gasteiger partial charge in [0.2, 0.25) is 5.91 Å². The minimum atomic E-state index is -1.19. The Balaban J connectivity index is 2.73. The van der Waals surface area contributed by atoms with E-state index in [2.05, 4.69) is 37.2 Å². The van der Waals surface area contributed by atoms with Gasteiger partial charge in [0.05, 0.1) is 11.1 Å². The minimum Gasteiger partial charge on any atom is -0.492 e. The van der Waals surface area contributed by atoms with Gasteiger partial charge >= 0.3 is 0 Å². The summed E-state index contributed by atoms with van der Waals surface area (Å²) in [4.78, 5) is 10.7. The van der Waals surface area contributed by atoms with Crippen molar-refractivity contribution in [2.75, 3.05) is 13.2 Å². The normalized spacial score (nSPS) is 12.2. The van der Waals surface area contributed by atoms with Gasteiger partial charge in [-0.15, -0.1) is 0 Å². The molecule has 0 bridgehead atoms. The van der Waals surface area contributed by atoms with Gasteiger partial charge in [-0.25, -0.2) is 0 Å². The third-order valence-electron chi connectivity index (χ3n) is 2.36. The number of primary amides is 1. The maximum atomic E-state index is 10.7. The van der Waals surface area contributed by atoms with E-state index < -0.39 is 12.0 Å². The molecule has 106 valence electrons. The van der Waals surface area contributed by atoms with Crippen LogP contribution in [0.25, 0.3) is 0 Å². The molecular weight excluding hydrogens is 380 g/mol. The summed E-state index contributed by atoms with van der Waals surface area (Å²) in [5, 5.41) is 12.3. The number of amides is 1. The lowest BCUT2D eigenvalue weighted by atomic mass is 10.2. The first kappa shape index (κ1) is 16.4. The van der Waals surface area contributed by atoms with Crippen LogP contribution in [0.2, 0.25) is 0 Å². The van der Waals surface area contributed by atoms with E-state index in [1.54, 1.807) is 0 Å². The number of nitrogens with two attached hydrogens (primary N) is 1. The molecule has 19 heavy (non-hydrogen) atoms. The molecule has 1 unspecified atom stereocenters. The second-order valence-corrected chi connectivity index (χ2v) is 5.63. The van der Waals surface area contributed by atoms with Crippen molar-refractivity contribution in [2.45, 2.75) is 19.6 Å². The maximum Gasteiger partial charge on any atom is 0.247 e. The first-order chi connectivity index (χ1) is 8.95. The van der Waals surface area contributed by atoms with E-state index >= 15 is 0 Å². The van der Waals surface area contributed by atoms with Crippen molar-refractivity contribution in [3.8, 4) is 5.75 Å². The summed E-state index contributed by atoms with van der Waals surface area (Å²) < 4.78 is 7.32. The highest BCUT2D eigenvalue weighted by atomic mass is 79.9. The van der Waals surface area contributed by atoms with E-state index in [1.165, 1.54) is 0 Å². The first-order valence-corrected chi connectivity index (χ1v) is 7.33. The van der Waals surface area contributed by atoms with Crippen molar-refractivity contribution in [2.24, 2.45) is 5.73 Å². The van der Waals surface area contributed by atoms with Crippen molar-refractivity contribution in [3.63, 3.8) is 0 Å². The molecule has 1 aromatic rings. The van der Waals surface area contributed by atoms with Crippen LogP contribution in [0.4, 0.5) is 0 Å². The smallest absolute Gasteiger partial charge is 0.247 e. The number of carbonyl (C=O) groups excluding carboxylic acids is 1. The molecule has 0 aliphatic heterocycles. The molecule has 1 amide bonds. The van der Waals surface area contributed by atoms with E-state index in [-0.39, 0.29) is 6.54 Å². The molecule has 0 saturated heterocycles. The van der Waals surface area contributed by atoms with Crippen LogP contribution in [0.1, 0.15) is 12.5 Å². The highest BCUT2D eigenvalue weighted by Gasteiger charge is 2.12. The summed E-state index contributed by atoms with van der Waals surface area (Å²) in [6.07, 6.45) is -1.19. The summed E-state index contributed by atoms with van der Waals surface area (Å²) in [6, 6.07) is 3.81. The van der Waals surface area contributed by atoms with Gasteiger partial charge in [-0.3, -0.25) is 4.79 Å². The lowest BCUT2D eigenvalue weighted by molar-refractivity contribution is -0.125. The van der Waals surface area contributed by atoms with Gasteiger partial charge in [0.1, 0.15) is 11.9 Å². The van der Waals surface area contributed by atoms with E-state index in [0.717, 1.165) is 20.3 Å². The maximum absolute atomic E-state index is 10.7. The average molecular weight is 396 g/mol. The number of carbonyl (C=O) groups is 1. The number of hydrogen-bond donors (Lipinski definition) is 3. The third-order valence-corrected chi connectivity index (χ3v) is 3.40. The Morgan fingerprint density at radius 1 is 1.53 bits per heavy atom. The van der Waals surface area contributed by atoms with Gasteiger partial charge in [-0.1, -0.05) is 15.9 Å². The largest absolute Gasteiger partial charge is 0.492 e. The number of benzene rings is 1. The number of rotatable bonds is 7. The van der Waals surface area contributed by atoms with E-state index in [9.17, 15) is 9.90 Å². The Morgan fingerprint density at radius 3 is 2.79 bits per heavy atom. The first-order valence-electron chi connectivity index (χ1n) is 5.74. The second kappa shape index (κ2) is 7.84. The lowest BCUT2D eigenvalue weighted by Crippen LogP contribution is -2.37. The van der Waals surface area contributed by atoms with Crippen molar-refractivity contribution >= 4 is 37.8 Å². The molecule has 0 fully saturated rings. The Labute approximate surface area is 128 Å². The summed E-state index contributed by atoms with van der Waals surface area (Å²) in [7, 11) is 0. The fraction of sp³-hybridized carbons (Fsp3) is 0.417. The Bertz CT molecular complexity index is 455. The summed E-state index contributed by atoms with van der Waals surface area (Å²) in [5.41, 5.74) is 5.89. The zero-order valence-corrected chi connectivity index (χ0v) is 13.6. The molecule has 1 atom stereocenters. The summed E-state index contributed by atoms with van der Waals surface area (Å²) in [5.74, 6) is -0.000260. The van der Waals surface area contributed by atoms with Gasteiger partial charge < -0.3 is 20.9 Å². The standard InChI is InChI=1S/C12H16Br2N2O3/c1-2-19-11-7(3-8(13)4-9(11)14)5-16-6-10(17)12(15)18/h3-4,10,16-17H,2,5-6H2,1H3,(H2,15,18). The molecule has 0 radical (unpaired) electrons. The van der Waals surface area contributed by atoms with Gasteiger partial charge in [0.15, 0.2) is 0 Å². The zero-order valence-electron chi connectivity index (χ0n) is 10.5. The molecule has 0 aromatic heterocycles. The van der Waals surface area contributed by atoms with Crippen molar-refractivity contribution in [1.82, 2.24) is 5.32 Å². The molecule has 0 aliphatic carbocycles. The highest BCUT2D eigenvalue weighted by Crippen LogP contribution is 2.32. The number of aliphatic hydroxyl groups is 1. The molecular formula is C12H16Br2N2O3. The Hall–Kier alpha value is -0.630. The van der Waals surface area contributed by atoms with Gasteiger partial charge in [0, 0.05) is 23.1 Å². The predicted octanol–water partition coefficient (Wildman–Crippen LogP) is 1.55. The minimum absolute atomic E-state index is 0.102. The monoisotopic (exact) mass is 394 g/mol. The molecule has 0 saturated carbocycles. The van der Waals surface area contributed by atoms with Crippen LogP contribution < -0.4 is 15.8 Å². The molecule has 7 heteroatoms. The van der Waals surface area contributed by atoms with Gasteiger partial charge in [-0.2, -0.15) is 0 Å². The number of aliphatic hydroxyl groups excluding tert-OH is 1. The predicted molar refractivity (Wildman–Crippen MR) is 79.9 cm³/mol. The van der Waals surface area contributed by atoms with Gasteiger partial charge in [-0.05, 0) is 35.0 Å². The van der Waals surface area contributed by atoms with E-state index in [1.807, 2.05) is 19.1 Å². The number of ether oxygens (including phenoxy) is 1. The Morgan fingerprint density at radius 2 is 2.21 bits per heavy atom. The quantitative estimate of drug-likeness (QED) is 0.653. The number of hydrogen-bond acceptors (Lipinski definition) is 4. The van der Waals surface area contributed by atoms with Crippen LogP contribution >= 0.6 is 31.9 Å². The van der Waals surface area contributed by atoms with Crippen LogP contribution in [0.15, 0.2) is 21.1 Å². The summed E-state index contributed by atoms with van der Waals surface area (Å²) in [6.45, 7) is 3.02.